The predicted molar refractivity (Wildman–Crippen MR) is 119 cm³/mol. The highest BCUT2D eigenvalue weighted by molar-refractivity contribution is 5.62. The minimum atomic E-state index is -0.117. The Morgan fingerprint density at radius 2 is 2.07 bits per heavy atom. The zero-order chi connectivity index (χ0) is 20.6. The van der Waals surface area contributed by atoms with E-state index in [1.54, 1.807) is 25.3 Å². The van der Waals surface area contributed by atoms with Gasteiger partial charge in [0.05, 0.1) is 0 Å². The standard InChI is InChI=1S/C24H32FN3O/c1-3-5-23(20-8-10-24(29)27-17-20)26-13-4-6-19-11-14-28(15-12-19)21-9-7-18(2)22(25)16-21/h5,7-10,16-17,19,26H,3-4,6,11-15H2,1-2H3,(H,27,29)/b23-5+. The van der Waals surface area contributed by atoms with Crippen molar-refractivity contribution in [3.8, 4) is 0 Å². The molecule has 5 heteroatoms. The zero-order valence-electron chi connectivity index (χ0n) is 17.5. The second-order valence-electron chi connectivity index (χ2n) is 7.90. The van der Waals surface area contributed by atoms with Crippen LogP contribution in [0.2, 0.25) is 0 Å². The Hall–Kier alpha value is -2.56. The molecule has 0 radical (unpaired) electrons. The Kier molecular flexibility index (Phi) is 7.50. The van der Waals surface area contributed by atoms with Gasteiger partial charge in [-0.1, -0.05) is 19.1 Å². The number of aromatic amines is 1. The van der Waals surface area contributed by atoms with Gasteiger partial charge in [0.1, 0.15) is 5.82 Å². The molecule has 0 spiro atoms. The third kappa shape index (κ3) is 5.96. The summed E-state index contributed by atoms with van der Waals surface area (Å²) < 4.78 is 13.8. The Morgan fingerprint density at radius 3 is 2.72 bits per heavy atom. The molecule has 2 heterocycles. The van der Waals surface area contributed by atoms with Crippen LogP contribution in [0.3, 0.4) is 0 Å². The lowest BCUT2D eigenvalue weighted by Crippen LogP contribution is -2.33. The van der Waals surface area contributed by atoms with Crippen molar-refractivity contribution in [1.82, 2.24) is 10.3 Å². The number of nitrogens with zero attached hydrogens (tertiary/aromatic N) is 1. The monoisotopic (exact) mass is 397 g/mol. The molecule has 0 unspecified atom stereocenters. The van der Waals surface area contributed by atoms with Gasteiger partial charge in [0, 0.05) is 48.8 Å². The van der Waals surface area contributed by atoms with E-state index in [-0.39, 0.29) is 11.4 Å². The number of benzene rings is 1. The van der Waals surface area contributed by atoms with Gasteiger partial charge in [-0.3, -0.25) is 4.79 Å². The molecule has 4 nitrogen and oxygen atoms in total. The maximum atomic E-state index is 13.8. The first-order valence-electron chi connectivity index (χ1n) is 10.7. The Balaban J connectivity index is 1.42. The molecule has 1 fully saturated rings. The van der Waals surface area contributed by atoms with Crippen molar-refractivity contribution < 1.29 is 4.39 Å². The number of pyridine rings is 1. The van der Waals surface area contributed by atoms with Gasteiger partial charge in [0.15, 0.2) is 0 Å². The van der Waals surface area contributed by atoms with Gasteiger partial charge in [-0.2, -0.15) is 0 Å². The zero-order valence-corrected chi connectivity index (χ0v) is 17.5. The molecule has 0 bridgehead atoms. The van der Waals surface area contributed by atoms with Gasteiger partial charge in [-0.05, 0) is 68.7 Å². The SMILES string of the molecule is CC/C=C(/NCCCC1CCN(c2ccc(C)c(F)c2)CC1)c1ccc(=O)[nH]c1. The van der Waals surface area contributed by atoms with E-state index in [0.717, 1.165) is 68.2 Å². The van der Waals surface area contributed by atoms with E-state index in [1.165, 1.54) is 6.42 Å². The molecular formula is C24H32FN3O. The summed E-state index contributed by atoms with van der Waals surface area (Å²) >= 11 is 0. The smallest absolute Gasteiger partial charge is 0.247 e. The number of hydrogen-bond donors (Lipinski definition) is 2. The van der Waals surface area contributed by atoms with Crippen LogP contribution in [0, 0.1) is 18.7 Å². The lowest BCUT2D eigenvalue weighted by Gasteiger charge is -2.34. The molecule has 1 aliphatic rings. The van der Waals surface area contributed by atoms with E-state index in [4.69, 9.17) is 0 Å². The number of hydrogen-bond acceptors (Lipinski definition) is 3. The Morgan fingerprint density at radius 1 is 1.28 bits per heavy atom. The van der Waals surface area contributed by atoms with Gasteiger partial charge in [-0.15, -0.1) is 0 Å². The minimum absolute atomic E-state index is 0.0793. The van der Waals surface area contributed by atoms with Crippen molar-refractivity contribution in [2.75, 3.05) is 24.5 Å². The predicted octanol–water partition coefficient (Wildman–Crippen LogP) is 4.86. The van der Waals surface area contributed by atoms with Crippen LogP contribution in [0.25, 0.3) is 5.70 Å². The Labute approximate surface area is 172 Å². The molecule has 0 atom stereocenters. The van der Waals surface area contributed by atoms with Crippen LogP contribution in [0.4, 0.5) is 10.1 Å². The lowest BCUT2D eigenvalue weighted by atomic mass is 9.92. The number of aromatic nitrogens is 1. The molecule has 2 N–H and O–H groups in total. The molecule has 1 aromatic carbocycles. The van der Waals surface area contributed by atoms with Crippen LogP contribution in [0.5, 0.6) is 0 Å². The average molecular weight is 398 g/mol. The summed E-state index contributed by atoms with van der Waals surface area (Å²) in [6.07, 6.45) is 9.51. The van der Waals surface area contributed by atoms with Crippen molar-refractivity contribution in [3.63, 3.8) is 0 Å². The summed E-state index contributed by atoms with van der Waals surface area (Å²) in [5.74, 6) is 0.615. The largest absolute Gasteiger partial charge is 0.385 e. The minimum Gasteiger partial charge on any atom is -0.385 e. The van der Waals surface area contributed by atoms with Crippen LogP contribution in [-0.2, 0) is 0 Å². The van der Waals surface area contributed by atoms with E-state index >= 15 is 0 Å². The molecule has 156 valence electrons. The number of anilines is 1. The second kappa shape index (κ2) is 10.3. The van der Waals surface area contributed by atoms with E-state index in [0.29, 0.717) is 5.56 Å². The molecule has 1 aromatic heterocycles. The number of rotatable bonds is 8. The van der Waals surface area contributed by atoms with Crippen molar-refractivity contribution >= 4 is 11.4 Å². The molecule has 0 saturated carbocycles. The summed E-state index contributed by atoms with van der Waals surface area (Å²) in [6, 6.07) is 8.98. The number of aryl methyl sites for hydroxylation is 1. The van der Waals surface area contributed by atoms with Crippen molar-refractivity contribution in [2.45, 2.75) is 46.0 Å². The average Bonchev–Trinajstić information content (AvgIpc) is 2.73. The van der Waals surface area contributed by atoms with Crippen LogP contribution in [-0.4, -0.2) is 24.6 Å². The summed E-state index contributed by atoms with van der Waals surface area (Å²) in [5, 5.41) is 3.53. The quantitative estimate of drug-likeness (QED) is 0.626. The maximum absolute atomic E-state index is 13.8. The van der Waals surface area contributed by atoms with Gasteiger partial charge in [-0.25, -0.2) is 4.39 Å². The summed E-state index contributed by atoms with van der Waals surface area (Å²) in [6.45, 7) is 6.84. The molecule has 1 aliphatic heterocycles. The molecule has 2 aromatic rings. The van der Waals surface area contributed by atoms with E-state index < -0.39 is 0 Å². The van der Waals surface area contributed by atoms with Gasteiger partial charge >= 0.3 is 0 Å². The Bertz CT molecular complexity index is 861. The summed E-state index contributed by atoms with van der Waals surface area (Å²) in [4.78, 5) is 16.3. The molecular weight excluding hydrogens is 365 g/mol. The lowest BCUT2D eigenvalue weighted by molar-refractivity contribution is 0.372. The fraction of sp³-hybridized carbons (Fsp3) is 0.458. The van der Waals surface area contributed by atoms with Gasteiger partial charge in [0.2, 0.25) is 5.56 Å². The molecule has 0 aliphatic carbocycles. The second-order valence-corrected chi connectivity index (χ2v) is 7.90. The third-order valence-corrected chi connectivity index (χ3v) is 5.74. The first-order valence-corrected chi connectivity index (χ1v) is 10.7. The van der Waals surface area contributed by atoms with Crippen molar-refractivity contribution in [1.29, 1.82) is 0 Å². The van der Waals surface area contributed by atoms with Gasteiger partial charge in [0.25, 0.3) is 0 Å². The topological polar surface area (TPSA) is 48.1 Å². The molecule has 3 rings (SSSR count). The third-order valence-electron chi connectivity index (χ3n) is 5.74. The summed E-state index contributed by atoms with van der Waals surface area (Å²) in [7, 11) is 0. The normalized spacial score (nSPS) is 15.6. The van der Waals surface area contributed by atoms with E-state index in [2.05, 4.69) is 28.2 Å². The number of nitrogens with one attached hydrogen (secondary N) is 2. The highest BCUT2D eigenvalue weighted by Crippen LogP contribution is 2.27. The van der Waals surface area contributed by atoms with Crippen LogP contribution < -0.4 is 15.8 Å². The molecule has 0 amide bonds. The van der Waals surface area contributed by atoms with Gasteiger partial charge < -0.3 is 15.2 Å². The van der Waals surface area contributed by atoms with Crippen LogP contribution >= 0.6 is 0 Å². The molecule has 1 saturated heterocycles. The first-order chi connectivity index (χ1) is 14.1. The highest BCUT2D eigenvalue weighted by Gasteiger charge is 2.19. The number of piperidine rings is 1. The van der Waals surface area contributed by atoms with E-state index in [9.17, 15) is 9.18 Å². The van der Waals surface area contributed by atoms with Crippen LogP contribution in [0.15, 0.2) is 47.4 Å². The number of H-pyrrole nitrogens is 1. The fourth-order valence-corrected chi connectivity index (χ4v) is 3.95. The maximum Gasteiger partial charge on any atom is 0.247 e. The summed E-state index contributed by atoms with van der Waals surface area (Å²) in [5.41, 5.74) is 3.73. The first kappa shape index (κ1) is 21.2. The van der Waals surface area contributed by atoms with E-state index in [1.807, 2.05) is 18.2 Å². The van der Waals surface area contributed by atoms with Crippen molar-refractivity contribution in [2.24, 2.45) is 5.92 Å². The fourth-order valence-electron chi connectivity index (χ4n) is 3.95. The highest BCUT2D eigenvalue weighted by atomic mass is 19.1. The number of allylic oxidation sites excluding steroid dienone is 1. The molecule has 29 heavy (non-hydrogen) atoms. The number of halogens is 1. The van der Waals surface area contributed by atoms with Crippen LogP contribution in [0.1, 0.15) is 50.2 Å². The van der Waals surface area contributed by atoms with Crippen molar-refractivity contribution in [3.05, 3.63) is 69.9 Å².